The van der Waals surface area contributed by atoms with Crippen molar-refractivity contribution >= 4 is 66.9 Å². The second kappa shape index (κ2) is 60.8. The largest absolute Gasteiger partial charge is 0.497 e. The van der Waals surface area contributed by atoms with Crippen LogP contribution in [-0.4, -0.2) is 301 Å². The number of hydrogen-bond donors (Lipinski definition) is 9. The summed E-state index contributed by atoms with van der Waals surface area (Å²) in [5, 5.41) is 57.4. The smallest absolute Gasteiger partial charge is 0.473 e. The molecule has 3 aromatic carbocycles. The normalized spacial score (nSPS) is 21.8. The zero-order valence-electron chi connectivity index (χ0n) is 84.0. The molecule has 45 nitrogen and oxygen atoms in total. The van der Waals surface area contributed by atoms with Gasteiger partial charge in [0.2, 0.25) is 41.4 Å². The van der Waals surface area contributed by atoms with Crippen molar-refractivity contribution < 1.29 is 138 Å². The number of ether oxygens (including phenoxy) is 14. The number of aliphatic hydroxyl groups is 1. The minimum atomic E-state index is -4.41. The van der Waals surface area contributed by atoms with Crippen LogP contribution in [0.4, 0.5) is 0 Å². The number of unbranched alkanes of at least 4 members (excludes halogenated alkanes) is 10. The molecule has 0 radical (unpaired) electrons. The van der Waals surface area contributed by atoms with E-state index in [0.717, 1.165) is 49.5 Å². The Morgan fingerprint density at radius 2 is 0.790 bits per heavy atom. The summed E-state index contributed by atoms with van der Waals surface area (Å²) in [6.07, 6.45) is 6.10. The maximum absolute atomic E-state index is 14.1. The Kier molecular flexibility index (Phi) is 49.1. The number of carbonyl (C=O) groups is 10. The van der Waals surface area contributed by atoms with Gasteiger partial charge in [-0.05, 0) is 81.3 Å². The first-order valence-electron chi connectivity index (χ1n) is 48.9. The van der Waals surface area contributed by atoms with E-state index < -0.39 is 135 Å². The lowest BCUT2D eigenvalue weighted by Gasteiger charge is -2.45. The van der Waals surface area contributed by atoms with Gasteiger partial charge in [-0.3, -0.25) is 57.0 Å². The Labute approximate surface area is 833 Å². The van der Waals surface area contributed by atoms with Crippen molar-refractivity contribution in [2.75, 3.05) is 108 Å². The first kappa shape index (κ1) is 116. The van der Waals surface area contributed by atoms with E-state index >= 15 is 0 Å². The molecule has 3 saturated heterocycles. The van der Waals surface area contributed by atoms with Gasteiger partial charge in [0.15, 0.2) is 18.9 Å². The number of Topliss-reactive ketones (excluding diaryl/α,β-unsaturated/α-hetero) is 1. The van der Waals surface area contributed by atoms with Gasteiger partial charge in [0, 0.05) is 148 Å². The van der Waals surface area contributed by atoms with Crippen LogP contribution in [0.15, 0.2) is 91.4 Å². The molecule has 0 spiro atoms. The van der Waals surface area contributed by atoms with Crippen molar-refractivity contribution in [1.29, 1.82) is 0 Å². The highest BCUT2D eigenvalue weighted by Gasteiger charge is 2.50. The van der Waals surface area contributed by atoms with Gasteiger partial charge in [0.05, 0.1) is 123 Å². The van der Waals surface area contributed by atoms with E-state index in [9.17, 15) is 62.5 Å². The number of esters is 2. The van der Waals surface area contributed by atoms with E-state index in [1.54, 1.807) is 54.0 Å². The maximum Gasteiger partial charge on any atom is 0.473 e. The predicted octanol–water partition coefficient (Wildman–Crippen LogP) is 7.10. The second-order valence-electron chi connectivity index (χ2n) is 36.0. The molecule has 7 amide bonds. The minimum absolute atomic E-state index is 0.00257. The van der Waals surface area contributed by atoms with E-state index in [1.807, 2.05) is 93.6 Å². The third kappa shape index (κ3) is 39.9. The van der Waals surface area contributed by atoms with Crippen molar-refractivity contribution in [1.82, 2.24) is 82.2 Å². The summed E-state index contributed by atoms with van der Waals surface area (Å²) >= 11 is 0. The standard InChI is InChI=1S/C97H145N16O29P/c1-63-88(101-66(4)114)94(140-81(91(63)124)56-111-53-78(105-108-111)71-30-26-34-75(50-71)127-9)134-45-24-18-15-21-42-98-85(121)40-48-132-60-97(104-87(123)38-29-37-84(120)100-62-137-143(125,126)130-12,59-131-47-39-74(119)33-20-14-13-17-23-44-135-95-89(102-67(5)115)64(2)92(138-69(7)117)82(141-95)57-112-54-79(106-109-112)72-31-27-35-76(51-72)128-10)61-133-49-41-86(122)99-43-22-16-19-25-46-136-96-90(103-68(6)116)65(3)93(139-70(8)118)83(142-96)58-113-55-80(107-110-113)73-32-28-36-77(52-73)129-11/h26-28,30-32,34-36,50-55,63-65,81-83,88-96,124H,13-25,29,33,37-49,56-62H2,1-12H3,(H,98,121)(H,99,122)(H,100,120)(H,101,114)(H,102,115)(H,103,116)(H,104,123)(H,125,126). The molecule has 3 aliphatic rings. The van der Waals surface area contributed by atoms with Crippen LogP contribution in [0.2, 0.25) is 0 Å². The third-order valence-electron chi connectivity index (χ3n) is 24.5. The number of methoxy groups -OCH3 is 3. The molecular formula is C97H145N16O29P. The highest BCUT2D eigenvalue weighted by molar-refractivity contribution is 7.47. The predicted molar refractivity (Wildman–Crippen MR) is 515 cm³/mol. The lowest BCUT2D eigenvalue weighted by molar-refractivity contribution is -0.258. The molecule has 792 valence electrons. The van der Waals surface area contributed by atoms with Crippen molar-refractivity contribution in [2.45, 2.75) is 283 Å². The highest BCUT2D eigenvalue weighted by atomic mass is 31.2. The number of aliphatic hydroxyl groups excluding tert-OH is 1. The van der Waals surface area contributed by atoms with E-state index in [2.05, 4.69) is 72.7 Å². The lowest BCUT2D eigenvalue weighted by atomic mass is 9.88. The molecule has 17 atom stereocenters. The van der Waals surface area contributed by atoms with Crippen LogP contribution in [-0.2, 0) is 133 Å². The monoisotopic (exact) mass is 2030 g/mol. The summed E-state index contributed by atoms with van der Waals surface area (Å²) in [7, 11) is 1.28. The Balaban J connectivity index is 0.766. The summed E-state index contributed by atoms with van der Waals surface area (Å²) in [6.45, 7) is 12.4. The zero-order chi connectivity index (χ0) is 103. The molecule has 9 rings (SSSR count). The van der Waals surface area contributed by atoms with Gasteiger partial charge in [0.1, 0.15) is 82.9 Å². The van der Waals surface area contributed by atoms with E-state index in [0.29, 0.717) is 105 Å². The van der Waals surface area contributed by atoms with Gasteiger partial charge in [-0.25, -0.2) is 18.6 Å². The fraction of sp³-hybridized carbons (Fsp3) is 0.649. The number of hydrogen-bond acceptors (Lipinski definition) is 34. The quantitative estimate of drug-likeness (QED) is 0.00795. The number of benzene rings is 3. The molecule has 3 aliphatic heterocycles. The van der Waals surface area contributed by atoms with Crippen LogP contribution in [0.1, 0.15) is 184 Å². The zero-order valence-corrected chi connectivity index (χ0v) is 84.9. The number of phosphoric acid groups is 1. The number of phosphoric ester groups is 1. The molecule has 143 heavy (non-hydrogen) atoms. The fourth-order valence-electron chi connectivity index (χ4n) is 16.9. The number of nitrogens with zero attached hydrogens (tertiary/aromatic N) is 9. The number of nitrogens with one attached hydrogen (secondary N) is 7. The molecule has 0 aliphatic carbocycles. The summed E-state index contributed by atoms with van der Waals surface area (Å²) in [5.74, 6) is -3.29. The van der Waals surface area contributed by atoms with Crippen LogP contribution < -0.4 is 51.4 Å². The van der Waals surface area contributed by atoms with Crippen molar-refractivity contribution in [3.8, 4) is 51.0 Å². The van der Waals surface area contributed by atoms with E-state index in [4.69, 9.17) is 70.8 Å². The van der Waals surface area contributed by atoms with Crippen molar-refractivity contribution in [3.05, 3.63) is 91.4 Å². The molecule has 3 fully saturated rings. The maximum atomic E-state index is 14.1. The minimum Gasteiger partial charge on any atom is -0.497 e. The Morgan fingerprint density at radius 1 is 0.427 bits per heavy atom. The number of aromatic nitrogens is 9. The number of ketones is 1. The first-order chi connectivity index (χ1) is 68.7. The van der Waals surface area contributed by atoms with Crippen LogP contribution in [0, 0.1) is 17.8 Å². The van der Waals surface area contributed by atoms with Crippen LogP contribution in [0.5, 0.6) is 17.2 Å². The molecule has 17 unspecified atom stereocenters. The summed E-state index contributed by atoms with van der Waals surface area (Å²) in [6, 6.07) is 20.2. The van der Waals surface area contributed by atoms with Gasteiger partial charge in [-0.15, -0.1) is 15.3 Å². The van der Waals surface area contributed by atoms with Gasteiger partial charge >= 0.3 is 19.8 Å². The average molecular weight is 2030 g/mol. The molecule has 3 aromatic heterocycles. The lowest BCUT2D eigenvalue weighted by Crippen LogP contribution is -2.61. The summed E-state index contributed by atoms with van der Waals surface area (Å²) < 4.78 is 111. The van der Waals surface area contributed by atoms with E-state index in [1.165, 1.54) is 34.6 Å². The summed E-state index contributed by atoms with van der Waals surface area (Å²) in [4.78, 5) is 140. The Hall–Kier alpha value is -10.9. The highest BCUT2D eigenvalue weighted by Crippen LogP contribution is 2.42. The molecular weight excluding hydrogens is 1880 g/mol. The van der Waals surface area contributed by atoms with Crippen LogP contribution in [0.25, 0.3) is 33.8 Å². The van der Waals surface area contributed by atoms with Gasteiger partial charge < -0.3 is 114 Å². The topological polar surface area (TPSA) is 552 Å². The fourth-order valence-corrected chi connectivity index (χ4v) is 17.2. The third-order valence-corrected chi connectivity index (χ3v) is 25.4. The van der Waals surface area contributed by atoms with Crippen molar-refractivity contribution in [3.63, 3.8) is 0 Å². The second-order valence-corrected chi connectivity index (χ2v) is 37.6. The summed E-state index contributed by atoms with van der Waals surface area (Å²) in [5.41, 5.74) is 2.61. The first-order valence-corrected chi connectivity index (χ1v) is 50.4. The van der Waals surface area contributed by atoms with E-state index in [-0.39, 0.29) is 159 Å². The van der Waals surface area contributed by atoms with Gasteiger partial charge in [-0.1, -0.05) is 118 Å². The number of rotatable bonds is 66. The van der Waals surface area contributed by atoms with Crippen LogP contribution in [0.3, 0.4) is 0 Å². The van der Waals surface area contributed by atoms with Crippen molar-refractivity contribution in [2.24, 2.45) is 17.8 Å². The molecule has 6 heterocycles. The molecule has 46 heteroatoms. The number of carbonyl (C=O) groups excluding carboxylic acids is 10. The average Bonchev–Trinajstić information content (AvgIpc) is 1.64. The van der Waals surface area contributed by atoms with Gasteiger partial charge in [0.25, 0.3) is 0 Å². The van der Waals surface area contributed by atoms with Gasteiger partial charge in [-0.2, -0.15) is 0 Å². The number of amides is 7. The molecule has 6 aromatic rings. The Bertz CT molecular complexity index is 4830. The molecule has 9 N–H and O–H groups in total. The molecule has 0 bridgehead atoms. The Morgan fingerprint density at radius 3 is 1.19 bits per heavy atom. The SMILES string of the molecule is COc1cccc(-c2cn(CC3OC(OCCCCCCNC(=O)CCOCC(COCCC(=O)CCCCCCCOC4OC(Cn5cc(-c6cccc(OC)c6)nn5)C(OC(C)=O)C(C)C4NC(C)=O)(COCCC(=O)NCCCCCCOC4OC(Cn5cc(-c6cccc(OC)c6)nn5)C(OC(C)=O)C(C)C4NC(C)=O)NC(=O)CCCC(=O)NCOP(=O)(O)OC)C(NC(C)=O)C(C)C3O)nn2)c1. The van der Waals surface area contributed by atoms with Crippen LogP contribution >= 0.6 is 7.82 Å². The molecule has 0 saturated carbocycles.